The van der Waals surface area contributed by atoms with E-state index in [1.807, 2.05) is 42.8 Å². The van der Waals surface area contributed by atoms with Crippen LogP contribution < -0.4 is 10.1 Å². The van der Waals surface area contributed by atoms with E-state index in [-0.39, 0.29) is 37.6 Å². The van der Waals surface area contributed by atoms with Crippen LogP contribution in [-0.2, 0) is 20.8 Å². The molecule has 1 saturated carbocycles. The minimum absolute atomic E-state index is 0.0540. The zero-order valence-electron chi connectivity index (χ0n) is 21.6. The number of nitrogens with zero attached hydrogens (tertiary/aromatic N) is 5. The second-order valence-electron chi connectivity index (χ2n) is 9.58. The molecule has 3 heterocycles. The van der Waals surface area contributed by atoms with Crippen LogP contribution in [0.4, 0.5) is 5.82 Å². The number of ether oxygens (including phenoxy) is 4. The molecule has 12 heteroatoms. The van der Waals surface area contributed by atoms with Gasteiger partial charge in [0.2, 0.25) is 0 Å². The van der Waals surface area contributed by atoms with Gasteiger partial charge in [0.05, 0.1) is 32.5 Å². The number of nitrogens with one attached hydrogen (secondary N) is 1. The van der Waals surface area contributed by atoms with Crippen LogP contribution in [0.3, 0.4) is 0 Å². The van der Waals surface area contributed by atoms with Gasteiger partial charge in [-0.05, 0) is 26.3 Å². The van der Waals surface area contributed by atoms with Crippen molar-refractivity contribution in [2.45, 2.75) is 75.5 Å². The van der Waals surface area contributed by atoms with E-state index < -0.39 is 5.79 Å². The van der Waals surface area contributed by atoms with Gasteiger partial charge in [0.25, 0.3) is 0 Å². The zero-order valence-corrected chi connectivity index (χ0v) is 22.4. The minimum Gasteiger partial charge on any atom is -0.496 e. The van der Waals surface area contributed by atoms with Crippen LogP contribution in [0.2, 0.25) is 0 Å². The first kappa shape index (κ1) is 26.1. The molecule has 1 aromatic carbocycles. The number of fused-ring (bicyclic) bond motifs is 2. The van der Waals surface area contributed by atoms with E-state index in [4.69, 9.17) is 28.9 Å². The molecule has 2 aromatic heterocycles. The molecular weight excluding hydrogens is 496 g/mol. The van der Waals surface area contributed by atoms with Crippen molar-refractivity contribution in [1.82, 2.24) is 25.0 Å². The first-order valence-corrected chi connectivity index (χ1v) is 13.6. The van der Waals surface area contributed by atoms with E-state index in [2.05, 4.69) is 22.6 Å². The fraction of sp³-hybridized carbons (Fsp3) is 0.600. The Hall–Kier alpha value is -2.51. The Bertz CT molecular complexity index is 1220. The van der Waals surface area contributed by atoms with E-state index in [9.17, 15) is 5.11 Å². The normalized spacial score (nSPS) is 24.5. The number of para-hydroxylation sites is 1. The average molecular weight is 531 g/mol. The summed E-state index contributed by atoms with van der Waals surface area (Å²) in [5.41, 5.74) is 2.23. The maximum absolute atomic E-state index is 9.30. The quantitative estimate of drug-likeness (QED) is 0.280. The van der Waals surface area contributed by atoms with Gasteiger partial charge in [0.15, 0.2) is 27.9 Å². The summed E-state index contributed by atoms with van der Waals surface area (Å²) in [6, 6.07) is 7.67. The summed E-state index contributed by atoms with van der Waals surface area (Å²) in [5.74, 6) is 1.57. The van der Waals surface area contributed by atoms with Crippen LogP contribution in [0.1, 0.15) is 45.2 Å². The number of rotatable bonds is 11. The van der Waals surface area contributed by atoms with Crippen molar-refractivity contribution in [1.29, 1.82) is 0 Å². The molecule has 2 aliphatic rings. The van der Waals surface area contributed by atoms with Crippen molar-refractivity contribution in [3.8, 4) is 5.75 Å². The number of benzene rings is 1. The van der Waals surface area contributed by atoms with Gasteiger partial charge in [-0.2, -0.15) is 0 Å². The molecule has 0 spiro atoms. The molecule has 2 fully saturated rings. The van der Waals surface area contributed by atoms with Crippen molar-refractivity contribution < 1.29 is 24.1 Å². The summed E-state index contributed by atoms with van der Waals surface area (Å²) in [5, 5.41) is 22.4. The van der Waals surface area contributed by atoms with Crippen LogP contribution in [0.15, 0.2) is 29.4 Å². The summed E-state index contributed by atoms with van der Waals surface area (Å²) in [7, 11) is 1.66. The zero-order chi connectivity index (χ0) is 26.0. The highest BCUT2D eigenvalue weighted by molar-refractivity contribution is 7.99. The fourth-order valence-electron chi connectivity index (χ4n) is 4.96. The first-order chi connectivity index (χ1) is 17.9. The van der Waals surface area contributed by atoms with Crippen LogP contribution in [0, 0.1) is 0 Å². The molecule has 0 amide bonds. The fourth-order valence-corrected chi connectivity index (χ4v) is 5.65. The third kappa shape index (κ3) is 5.39. The van der Waals surface area contributed by atoms with E-state index >= 15 is 0 Å². The average Bonchev–Trinajstić information content (AvgIpc) is 3.55. The number of aliphatic hydroxyl groups excluding tert-OH is 1. The minimum atomic E-state index is -0.746. The van der Waals surface area contributed by atoms with Crippen LogP contribution in [0.25, 0.3) is 11.2 Å². The summed E-state index contributed by atoms with van der Waals surface area (Å²) in [6.45, 7) is 6.61. The molecule has 1 saturated heterocycles. The number of hydrogen-bond donors (Lipinski definition) is 2. The summed E-state index contributed by atoms with van der Waals surface area (Å²) in [4.78, 5) is 9.62. The third-order valence-corrected chi connectivity index (χ3v) is 7.55. The van der Waals surface area contributed by atoms with E-state index in [1.54, 1.807) is 18.9 Å². The van der Waals surface area contributed by atoms with Gasteiger partial charge in [-0.1, -0.05) is 42.1 Å². The molecule has 11 nitrogen and oxygen atoms in total. The Labute approximate surface area is 220 Å². The molecule has 5 rings (SSSR count). The molecule has 0 bridgehead atoms. The van der Waals surface area contributed by atoms with Crippen LogP contribution >= 0.6 is 11.8 Å². The van der Waals surface area contributed by atoms with Crippen LogP contribution in [-0.4, -0.2) is 80.2 Å². The van der Waals surface area contributed by atoms with Gasteiger partial charge >= 0.3 is 0 Å². The Balaban J connectivity index is 1.49. The summed E-state index contributed by atoms with van der Waals surface area (Å²) in [6.07, 6.45) is 0.821. The molecule has 2 N–H and O–H groups in total. The number of aromatic nitrogens is 5. The van der Waals surface area contributed by atoms with E-state index in [1.165, 1.54) is 0 Å². The molecule has 200 valence electrons. The van der Waals surface area contributed by atoms with Gasteiger partial charge in [0, 0.05) is 24.3 Å². The van der Waals surface area contributed by atoms with Crippen molar-refractivity contribution >= 4 is 28.7 Å². The van der Waals surface area contributed by atoms with Crippen molar-refractivity contribution in [3.05, 3.63) is 29.8 Å². The summed E-state index contributed by atoms with van der Waals surface area (Å²) >= 11 is 1.60. The Kier molecular flexibility index (Phi) is 7.82. The molecule has 3 aromatic rings. The lowest BCUT2D eigenvalue weighted by Crippen LogP contribution is -2.31. The number of anilines is 1. The molecule has 1 aliphatic carbocycles. The van der Waals surface area contributed by atoms with Gasteiger partial charge in [-0.25, -0.2) is 14.6 Å². The van der Waals surface area contributed by atoms with Gasteiger partial charge in [-0.3, -0.25) is 0 Å². The lowest BCUT2D eigenvalue weighted by atomic mass is 10.2. The first-order valence-electron chi connectivity index (χ1n) is 12.6. The molecule has 0 radical (unpaired) electrons. The molecule has 37 heavy (non-hydrogen) atoms. The standard InChI is InChI=1S/C25H34N6O5S/c1-5-12-37-24-27-22(26-14-15-8-6-7-9-17(15)33-4)19-23(28-24)31(30-29-19)16-13-18(34-11-10-32)21-20(16)35-25(2,3)36-21/h6-9,16,18,20-21,32H,5,10-14H2,1-4H3,(H,26,27,28)/t16-,18+,20?,21?/m0/s1. The van der Waals surface area contributed by atoms with Gasteiger partial charge < -0.3 is 29.4 Å². The number of thioether (sulfide) groups is 1. The highest BCUT2D eigenvalue weighted by Crippen LogP contribution is 2.45. The van der Waals surface area contributed by atoms with Gasteiger partial charge in [-0.15, -0.1) is 5.10 Å². The topological polar surface area (TPSA) is 126 Å². The highest BCUT2D eigenvalue weighted by atomic mass is 32.2. The Morgan fingerprint density at radius 1 is 1.22 bits per heavy atom. The monoisotopic (exact) mass is 530 g/mol. The lowest BCUT2D eigenvalue weighted by Gasteiger charge is -2.23. The van der Waals surface area contributed by atoms with Gasteiger partial charge in [0.1, 0.15) is 18.0 Å². The van der Waals surface area contributed by atoms with Crippen molar-refractivity contribution in [2.24, 2.45) is 0 Å². The smallest absolute Gasteiger partial charge is 0.191 e. The predicted molar refractivity (Wildman–Crippen MR) is 139 cm³/mol. The van der Waals surface area contributed by atoms with Crippen LogP contribution in [0.5, 0.6) is 5.75 Å². The third-order valence-electron chi connectivity index (χ3n) is 6.50. The highest BCUT2D eigenvalue weighted by Gasteiger charge is 2.56. The predicted octanol–water partition coefficient (Wildman–Crippen LogP) is 3.19. The lowest BCUT2D eigenvalue weighted by molar-refractivity contribution is -0.171. The van der Waals surface area contributed by atoms with E-state index in [0.717, 1.165) is 23.5 Å². The molecule has 4 atom stereocenters. The second kappa shape index (κ2) is 11.1. The number of methoxy groups -OCH3 is 1. The molecular formula is C25H34N6O5S. The van der Waals surface area contributed by atoms with Crippen molar-refractivity contribution in [3.63, 3.8) is 0 Å². The number of aliphatic hydroxyl groups is 1. The Morgan fingerprint density at radius 2 is 2.03 bits per heavy atom. The molecule has 1 aliphatic heterocycles. The van der Waals surface area contributed by atoms with Crippen molar-refractivity contribution in [2.75, 3.05) is 31.4 Å². The maximum atomic E-state index is 9.30. The summed E-state index contributed by atoms with van der Waals surface area (Å²) < 4.78 is 25.7. The maximum Gasteiger partial charge on any atom is 0.191 e. The largest absolute Gasteiger partial charge is 0.496 e. The SMILES string of the molecule is CCCSc1nc(NCc2ccccc2OC)c2nnn([C@H]3C[C@@H](OCCO)C4OC(C)(C)OC43)c2n1. The number of hydrogen-bond acceptors (Lipinski definition) is 11. The second-order valence-corrected chi connectivity index (χ2v) is 10.6. The van der Waals surface area contributed by atoms with E-state index in [0.29, 0.717) is 35.1 Å². The molecule has 2 unspecified atom stereocenters. The Morgan fingerprint density at radius 3 is 2.81 bits per heavy atom.